The van der Waals surface area contributed by atoms with Gasteiger partial charge in [-0.3, -0.25) is 20.4 Å². The zero-order valence-corrected chi connectivity index (χ0v) is 21.9. The fourth-order valence-corrected chi connectivity index (χ4v) is 5.43. The molecule has 1 aliphatic heterocycles. The summed E-state index contributed by atoms with van der Waals surface area (Å²) in [4.78, 5) is 44.6. The number of hydrogen-bond donors (Lipinski definition) is 4. The van der Waals surface area contributed by atoms with Gasteiger partial charge in [-0.1, -0.05) is 24.8 Å². The second kappa shape index (κ2) is 11.1. The third kappa shape index (κ3) is 5.49. The Labute approximate surface area is 218 Å². The highest BCUT2D eigenvalue weighted by atomic mass is 32.1. The van der Waals surface area contributed by atoms with Gasteiger partial charge in [-0.15, -0.1) is 0 Å². The molecular weight excluding hydrogens is 494 g/mol. The number of hydrogen-bond acceptors (Lipinski definition) is 9. The summed E-state index contributed by atoms with van der Waals surface area (Å²) in [5.41, 5.74) is 5.74. The molecule has 1 aliphatic rings. The number of carbonyl (C=O) groups is 2. The van der Waals surface area contributed by atoms with E-state index >= 15 is 0 Å². The molecular formula is C25H31N7O4S. The smallest absolute Gasteiger partial charge is 0.321 e. The third-order valence-corrected chi connectivity index (χ3v) is 7.72. The highest BCUT2D eigenvalue weighted by molar-refractivity contribution is 7.22. The Hall–Kier alpha value is -3.77. The molecule has 4 N–H and O–H groups in total. The molecule has 2 amide bonds. The van der Waals surface area contributed by atoms with Crippen molar-refractivity contribution in [3.05, 3.63) is 36.7 Å². The van der Waals surface area contributed by atoms with Crippen molar-refractivity contribution in [2.45, 2.75) is 33.1 Å². The monoisotopic (exact) mass is 525 g/mol. The number of aromatic nitrogens is 3. The van der Waals surface area contributed by atoms with E-state index in [9.17, 15) is 14.7 Å². The first kappa shape index (κ1) is 26.3. The topological polar surface area (TPSA) is 142 Å². The molecule has 3 heterocycles. The van der Waals surface area contributed by atoms with Crippen LogP contribution in [0.5, 0.6) is 0 Å². The average Bonchev–Trinajstić information content (AvgIpc) is 3.30. The van der Waals surface area contributed by atoms with E-state index in [-0.39, 0.29) is 6.03 Å². The van der Waals surface area contributed by atoms with Gasteiger partial charge in [-0.2, -0.15) is 0 Å². The molecule has 3 aromatic rings. The maximum atomic E-state index is 12.0. The molecule has 12 heteroatoms. The van der Waals surface area contributed by atoms with Crippen LogP contribution in [0.4, 0.5) is 15.9 Å². The van der Waals surface area contributed by atoms with Crippen LogP contribution in [0.15, 0.2) is 31.1 Å². The molecule has 2 aromatic heterocycles. The van der Waals surface area contributed by atoms with Crippen molar-refractivity contribution in [2.75, 3.05) is 37.0 Å². The first-order valence-corrected chi connectivity index (χ1v) is 12.9. The number of benzene rings is 1. The normalized spacial score (nSPS) is 14.8. The molecule has 1 saturated heterocycles. The van der Waals surface area contributed by atoms with Crippen LogP contribution in [0, 0.1) is 5.41 Å². The van der Waals surface area contributed by atoms with Crippen LogP contribution in [0.3, 0.4) is 0 Å². The largest absolute Gasteiger partial charge is 0.481 e. The minimum absolute atomic E-state index is 0.321. The summed E-state index contributed by atoms with van der Waals surface area (Å²) in [6.45, 7) is 9.54. The van der Waals surface area contributed by atoms with Crippen LogP contribution in [0.1, 0.15) is 38.7 Å². The number of nitrogens with one attached hydrogen (secondary N) is 3. The molecule has 1 fully saturated rings. The zero-order chi connectivity index (χ0) is 26.6. The number of rotatable bonds is 9. The first-order chi connectivity index (χ1) is 17.8. The van der Waals surface area contributed by atoms with Crippen LogP contribution in [0.25, 0.3) is 27.0 Å². The van der Waals surface area contributed by atoms with E-state index < -0.39 is 11.4 Å². The number of aliphatic carboxylic acids is 1. The molecule has 4 rings (SSSR count). The number of fused-ring (bicyclic) bond motifs is 1. The lowest BCUT2D eigenvalue weighted by Gasteiger charge is -2.38. The fraction of sp³-hybridized carbons (Fsp3) is 0.400. The number of carbonyl (C=O) groups excluding carboxylic acids is 1. The molecule has 0 saturated carbocycles. The van der Waals surface area contributed by atoms with Crippen molar-refractivity contribution in [1.82, 2.24) is 25.7 Å². The van der Waals surface area contributed by atoms with Crippen LogP contribution in [0.2, 0.25) is 0 Å². The zero-order valence-electron chi connectivity index (χ0n) is 21.1. The summed E-state index contributed by atoms with van der Waals surface area (Å²) in [6.07, 6.45) is 5.24. The van der Waals surface area contributed by atoms with E-state index in [0.29, 0.717) is 61.2 Å². The van der Waals surface area contributed by atoms with Crippen LogP contribution < -0.4 is 21.0 Å². The fourth-order valence-electron chi connectivity index (χ4n) is 4.44. The highest BCUT2D eigenvalue weighted by Crippen LogP contribution is 2.37. The molecule has 37 heavy (non-hydrogen) atoms. The van der Waals surface area contributed by atoms with Gasteiger partial charge in [0.2, 0.25) is 5.95 Å². The Balaban J connectivity index is 1.61. The summed E-state index contributed by atoms with van der Waals surface area (Å²) < 4.78 is 0.841. The number of carboxylic acid groups (broad SMARTS) is 1. The Morgan fingerprint density at radius 3 is 2.49 bits per heavy atom. The van der Waals surface area contributed by atoms with E-state index in [1.807, 2.05) is 30.9 Å². The van der Waals surface area contributed by atoms with Gasteiger partial charge in [0.15, 0.2) is 5.13 Å². The average molecular weight is 526 g/mol. The Morgan fingerprint density at radius 2 is 1.89 bits per heavy atom. The van der Waals surface area contributed by atoms with Gasteiger partial charge in [-0.05, 0) is 43.9 Å². The van der Waals surface area contributed by atoms with Crippen LogP contribution in [-0.4, -0.2) is 58.8 Å². The number of anilines is 2. The second-order valence-corrected chi connectivity index (χ2v) is 9.86. The summed E-state index contributed by atoms with van der Waals surface area (Å²) in [5, 5.41) is 15.6. The van der Waals surface area contributed by atoms with Gasteiger partial charge >= 0.3 is 12.0 Å². The van der Waals surface area contributed by atoms with Crippen molar-refractivity contribution in [1.29, 1.82) is 0 Å². The molecule has 0 spiro atoms. The molecule has 11 nitrogen and oxygen atoms in total. The minimum Gasteiger partial charge on any atom is -0.481 e. The molecule has 196 valence electrons. The van der Waals surface area contributed by atoms with Crippen molar-refractivity contribution in [3.8, 4) is 11.1 Å². The summed E-state index contributed by atoms with van der Waals surface area (Å²) >= 11 is 1.34. The molecule has 0 unspecified atom stereocenters. The standard InChI is InChI=1S/C25H31N7O4S/c1-5-25(21(33)34)7-9-32(10-8-25)22-27-13-17(14-28-22)16-11-18(15(3)31-36-4)20-19(12-16)29-24(37-20)30-23(35)26-6-2/h11-14,31H,3,5-10H2,1-2,4H3,(H,33,34)(H2,26,29,30,35). The van der Waals surface area contributed by atoms with E-state index in [1.165, 1.54) is 18.4 Å². The number of thiazole rings is 1. The van der Waals surface area contributed by atoms with Gasteiger partial charge in [0.25, 0.3) is 0 Å². The Bertz CT molecular complexity index is 1300. The first-order valence-electron chi connectivity index (χ1n) is 12.1. The Kier molecular flexibility index (Phi) is 7.89. The van der Waals surface area contributed by atoms with E-state index in [2.05, 4.69) is 37.6 Å². The molecule has 0 atom stereocenters. The number of carboxylic acids is 1. The van der Waals surface area contributed by atoms with E-state index in [1.54, 1.807) is 12.4 Å². The highest BCUT2D eigenvalue weighted by Gasteiger charge is 2.40. The lowest BCUT2D eigenvalue weighted by atomic mass is 9.76. The Morgan fingerprint density at radius 1 is 1.19 bits per heavy atom. The van der Waals surface area contributed by atoms with E-state index in [4.69, 9.17) is 4.84 Å². The molecule has 1 aromatic carbocycles. The maximum Gasteiger partial charge on any atom is 0.321 e. The summed E-state index contributed by atoms with van der Waals surface area (Å²) in [6, 6.07) is 3.55. The van der Waals surface area contributed by atoms with Crippen molar-refractivity contribution < 1.29 is 19.5 Å². The summed E-state index contributed by atoms with van der Waals surface area (Å²) in [5.74, 6) is -0.152. The van der Waals surface area contributed by atoms with Gasteiger partial charge in [0, 0.05) is 43.2 Å². The predicted octanol–water partition coefficient (Wildman–Crippen LogP) is 4.10. The van der Waals surface area contributed by atoms with Crippen molar-refractivity contribution in [2.24, 2.45) is 5.41 Å². The number of nitrogens with zero attached hydrogens (tertiary/aromatic N) is 4. The SMILES string of the molecule is C=C(NOC)c1cc(-c2cnc(N3CCC(CC)(C(=O)O)CC3)nc2)cc2nc(NC(=O)NCC)sc12. The second-order valence-electron chi connectivity index (χ2n) is 8.86. The van der Waals surface area contributed by atoms with Crippen molar-refractivity contribution >= 4 is 50.3 Å². The minimum atomic E-state index is -0.729. The van der Waals surface area contributed by atoms with Crippen LogP contribution in [-0.2, 0) is 9.63 Å². The molecule has 0 aliphatic carbocycles. The van der Waals surface area contributed by atoms with Crippen molar-refractivity contribution in [3.63, 3.8) is 0 Å². The maximum absolute atomic E-state index is 12.0. The number of urea groups is 1. The predicted molar refractivity (Wildman–Crippen MR) is 144 cm³/mol. The molecule has 0 bridgehead atoms. The van der Waals surface area contributed by atoms with Gasteiger partial charge in [0.05, 0.1) is 28.4 Å². The summed E-state index contributed by atoms with van der Waals surface area (Å²) in [7, 11) is 1.51. The lowest BCUT2D eigenvalue weighted by molar-refractivity contribution is -0.150. The number of hydroxylamine groups is 1. The van der Waals surface area contributed by atoms with Gasteiger partial charge in [0.1, 0.15) is 0 Å². The van der Waals surface area contributed by atoms with Gasteiger partial charge < -0.3 is 15.3 Å². The molecule has 0 radical (unpaired) electrons. The third-order valence-electron chi connectivity index (χ3n) is 6.70. The quantitative estimate of drug-likeness (QED) is 0.304. The van der Waals surface area contributed by atoms with Crippen LogP contribution >= 0.6 is 11.3 Å². The number of piperidine rings is 1. The van der Waals surface area contributed by atoms with E-state index in [0.717, 1.165) is 21.4 Å². The lowest BCUT2D eigenvalue weighted by Crippen LogP contribution is -2.44. The van der Waals surface area contributed by atoms with Gasteiger partial charge in [-0.25, -0.2) is 19.7 Å². The number of amides is 2.